The smallest absolute Gasteiger partial charge is 0.313 e. The van der Waals surface area contributed by atoms with Crippen LogP contribution in [0.4, 0.5) is 0 Å². The molecule has 14 heavy (non-hydrogen) atoms. The van der Waals surface area contributed by atoms with Crippen molar-refractivity contribution in [1.29, 1.82) is 0 Å². The van der Waals surface area contributed by atoms with Crippen molar-refractivity contribution in [3.05, 3.63) is 32.5 Å². The predicted octanol–water partition coefficient (Wildman–Crippen LogP) is 3.92. The lowest BCUT2D eigenvalue weighted by molar-refractivity contribution is 0.570. The lowest BCUT2D eigenvalue weighted by atomic mass is 10.2. The number of hydrogen-bond acceptors (Lipinski definition) is 3. The van der Waals surface area contributed by atoms with Crippen LogP contribution < -0.4 is 0 Å². The van der Waals surface area contributed by atoms with E-state index in [1.54, 1.807) is 0 Å². The third kappa shape index (κ3) is 1.99. The molecule has 2 aromatic rings. The van der Waals surface area contributed by atoms with E-state index >= 15 is 0 Å². The van der Waals surface area contributed by atoms with E-state index in [9.17, 15) is 0 Å². The van der Waals surface area contributed by atoms with Gasteiger partial charge in [-0.15, -0.1) is 5.10 Å². The van der Waals surface area contributed by atoms with Gasteiger partial charge in [-0.1, -0.05) is 21.0 Å². The number of nitrogens with zero attached hydrogens (tertiary/aromatic N) is 2. The van der Waals surface area contributed by atoms with Crippen LogP contribution in [0, 0.1) is 0 Å². The zero-order valence-corrected chi connectivity index (χ0v) is 10.6. The molecule has 1 aromatic carbocycles. The van der Waals surface area contributed by atoms with Crippen LogP contribution in [-0.4, -0.2) is 10.2 Å². The molecule has 0 saturated heterocycles. The Balaban J connectivity index is 2.52. The molecule has 0 unspecified atom stereocenters. The van der Waals surface area contributed by atoms with Crippen molar-refractivity contribution in [1.82, 2.24) is 10.2 Å². The van der Waals surface area contributed by atoms with Crippen molar-refractivity contribution in [2.75, 3.05) is 0 Å². The van der Waals surface area contributed by atoms with Crippen LogP contribution in [-0.2, 0) is 0 Å². The van der Waals surface area contributed by atoms with Gasteiger partial charge < -0.3 is 4.42 Å². The van der Waals surface area contributed by atoms with Crippen molar-refractivity contribution >= 4 is 43.5 Å². The van der Waals surface area contributed by atoms with Gasteiger partial charge in [0.05, 0.1) is 5.56 Å². The van der Waals surface area contributed by atoms with Crippen molar-refractivity contribution in [3.8, 4) is 11.5 Å². The van der Waals surface area contributed by atoms with Crippen LogP contribution in [0.25, 0.3) is 11.5 Å². The second kappa shape index (κ2) is 4.00. The van der Waals surface area contributed by atoms with Gasteiger partial charge in [-0.05, 0) is 45.7 Å². The Hall–Kier alpha value is -0.390. The molecule has 0 amide bonds. The Morgan fingerprint density at radius 3 is 2.57 bits per heavy atom. The summed E-state index contributed by atoms with van der Waals surface area (Å²) in [5, 5.41) is 7.39. The maximum Gasteiger partial charge on any atom is 0.313 e. The van der Waals surface area contributed by atoms with Gasteiger partial charge in [-0.3, -0.25) is 0 Å². The van der Waals surface area contributed by atoms with Gasteiger partial charge in [0.15, 0.2) is 0 Å². The largest absolute Gasteiger partial charge is 0.407 e. The van der Waals surface area contributed by atoms with Gasteiger partial charge in [0.2, 0.25) is 5.89 Å². The Kier molecular flexibility index (Phi) is 2.90. The standard InChI is InChI=1S/C8H3Br2ClN2O/c9-4-1-2-5(6(10)3-4)7-12-13-8(11)14-7/h1-3H. The number of halogens is 3. The van der Waals surface area contributed by atoms with Crippen LogP contribution in [0.5, 0.6) is 0 Å². The van der Waals surface area contributed by atoms with E-state index in [0.29, 0.717) is 5.89 Å². The molecule has 1 heterocycles. The quantitative estimate of drug-likeness (QED) is 0.791. The van der Waals surface area contributed by atoms with Crippen LogP contribution in [0.15, 0.2) is 31.6 Å². The zero-order valence-electron chi connectivity index (χ0n) is 6.67. The number of rotatable bonds is 1. The van der Waals surface area contributed by atoms with Gasteiger partial charge in [-0.2, -0.15) is 0 Å². The van der Waals surface area contributed by atoms with Gasteiger partial charge in [-0.25, -0.2) is 0 Å². The maximum atomic E-state index is 5.53. The zero-order chi connectivity index (χ0) is 10.1. The monoisotopic (exact) mass is 336 g/mol. The maximum absolute atomic E-state index is 5.53. The third-order valence-corrected chi connectivity index (χ3v) is 2.86. The second-order valence-corrected chi connectivity index (χ2v) is 4.58. The van der Waals surface area contributed by atoms with Crippen LogP contribution in [0.1, 0.15) is 0 Å². The third-order valence-electron chi connectivity index (χ3n) is 1.56. The highest BCUT2D eigenvalue weighted by Gasteiger charge is 2.10. The SMILES string of the molecule is Clc1nnc(-c2ccc(Br)cc2Br)o1. The summed E-state index contributed by atoms with van der Waals surface area (Å²) in [7, 11) is 0. The minimum atomic E-state index is 0.0369. The van der Waals surface area contributed by atoms with E-state index in [2.05, 4.69) is 42.1 Å². The lowest BCUT2D eigenvalue weighted by Crippen LogP contribution is -1.80. The van der Waals surface area contributed by atoms with E-state index in [-0.39, 0.29) is 5.35 Å². The summed E-state index contributed by atoms with van der Waals surface area (Å²) in [6.45, 7) is 0. The van der Waals surface area contributed by atoms with Crippen LogP contribution in [0.3, 0.4) is 0 Å². The minimum absolute atomic E-state index is 0.0369. The first-order valence-corrected chi connectivity index (χ1v) is 5.57. The summed E-state index contributed by atoms with van der Waals surface area (Å²) in [4.78, 5) is 0. The molecule has 6 heteroatoms. The molecule has 0 aliphatic carbocycles. The van der Waals surface area contributed by atoms with E-state index in [1.807, 2.05) is 18.2 Å². The highest BCUT2D eigenvalue weighted by atomic mass is 79.9. The summed E-state index contributed by atoms with van der Waals surface area (Å²) >= 11 is 12.3. The Labute approximate surface area is 102 Å². The molecule has 1 aromatic heterocycles. The number of benzene rings is 1. The number of hydrogen-bond donors (Lipinski definition) is 0. The van der Waals surface area contributed by atoms with Crippen molar-refractivity contribution in [2.45, 2.75) is 0 Å². The second-order valence-electron chi connectivity index (χ2n) is 2.48. The molecule has 0 bridgehead atoms. The Morgan fingerprint density at radius 1 is 1.21 bits per heavy atom. The summed E-state index contributed by atoms with van der Waals surface area (Å²) < 4.78 is 6.93. The topological polar surface area (TPSA) is 38.9 Å². The molecule has 0 N–H and O–H groups in total. The molecule has 3 nitrogen and oxygen atoms in total. The first kappa shape index (κ1) is 10.1. The van der Waals surface area contributed by atoms with E-state index < -0.39 is 0 Å². The summed E-state index contributed by atoms with van der Waals surface area (Å²) in [5.74, 6) is 0.398. The summed E-state index contributed by atoms with van der Waals surface area (Å²) in [5.41, 5.74) is 0.813. The highest BCUT2D eigenvalue weighted by molar-refractivity contribution is 9.11. The van der Waals surface area contributed by atoms with Crippen LogP contribution in [0.2, 0.25) is 5.35 Å². The van der Waals surface area contributed by atoms with Crippen molar-refractivity contribution < 1.29 is 4.42 Å². The summed E-state index contributed by atoms with van der Waals surface area (Å²) in [6, 6.07) is 5.64. The molecule has 0 aliphatic heterocycles. The lowest BCUT2D eigenvalue weighted by Gasteiger charge is -1.98. The first-order valence-electron chi connectivity index (χ1n) is 3.61. The van der Waals surface area contributed by atoms with E-state index in [4.69, 9.17) is 16.0 Å². The molecule has 0 spiro atoms. The fourth-order valence-corrected chi connectivity index (χ4v) is 2.30. The molecular weight excluding hydrogens is 335 g/mol. The Bertz CT molecular complexity index is 472. The molecule has 0 atom stereocenters. The average Bonchev–Trinajstić information content (AvgIpc) is 2.51. The van der Waals surface area contributed by atoms with E-state index in [1.165, 1.54) is 0 Å². The molecule has 0 saturated carbocycles. The molecule has 0 radical (unpaired) electrons. The van der Waals surface area contributed by atoms with Gasteiger partial charge in [0.1, 0.15) is 0 Å². The first-order chi connectivity index (χ1) is 6.66. The van der Waals surface area contributed by atoms with E-state index in [0.717, 1.165) is 14.5 Å². The highest BCUT2D eigenvalue weighted by Crippen LogP contribution is 2.30. The van der Waals surface area contributed by atoms with Crippen molar-refractivity contribution in [3.63, 3.8) is 0 Å². The molecule has 0 aliphatic rings. The van der Waals surface area contributed by atoms with Gasteiger partial charge >= 0.3 is 5.35 Å². The fraction of sp³-hybridized carbons (Fsp3) is 0. The number of aromatic nitrogens is 2. The summed E-state index contributed by atoms with van der Waals surface area (Å²) in [6.07, 6.45) is 0. The predicted molar refractivity (Wildman–Crippen MR) is 60.1 cm³/mol. The minimum Gasteiger partial charge on any atom is -0.407 e. The van der Waals surface area contributed by atoms with Crippen LogP contribution >= 0.6 is 43.5 Å². The van der Waals surface area contributed by atoms with Crippen molar-refractivity contribution in [2.24, 2.45) is 0 Å². The van der Waals surface area contributed by atoms with Gasteiger partial charge in [0, 0.05) is 8.95 Å². The molecular formula is C8H3Br2ClN2O. The van der Waals surface area contributed by atoms with Gasteiger partial charge in [0.25, 0.3) is 0 Å². The average molecular weight is 338 g/mol. The Morgan fingerprint density at radius 2 is 2.00 bits per heavy atom. The fourth-order valence-electron chi connectivity index (χ4n) is 0.977. The normalized spacial score (nSPS) is 10.5. The molecule has 72 valence electrons. The molecule has 0 fully saturated rings. The molecule has 2 rings (SSSR count).